The fraction of sp³-hybridized carbons (Fsp3) is 0.807. The highest BCUT2D eigenvalue weighted by atomic mass is 31.1. The van der Waals surface area contributed by atoms with E-state index < -0.39 is 136 Å². The van der Waals surface area contributed by atoms with Crippen LogP contribution in [0.2, 0.25) is 0 Å². The van der Waals surface area contributed by atoms with Crippen LogP contribution in [-0.4, -0.2) is 283 Å². The number of nitrogens with one attached hydrogen (secondary N) is 1. The molecule has 7 N–H and O–H groups in total. The van der Waals surface area contributed by atoms with E-state index in [-0.39, 0.29) is 76.0 Å². The summed E-state index contributed by atoms with van der Waals surface area (Å²) in [6.07, 6.45) is -1.38. The van der Waals surface area contributed by atoms with Crippen LogP contribution in [-0.2, 0) is 43.2 Å². The van der Waals surface area contributed by atoms with Crippen LogP contribution in [0.5, 0.6) is 0 Å². The Bertz CT molecular complexity index is 2030. The first-order valence-corrected chi connectivity index (χ1v) is 30.9. The van der Waals surface area contributed by atoms with Crippen LogP contribution in [0.4, 0.5) is 0 Å². The van der Waals surface area contributed by atoms with Gasteiger partial charge in [0.05, 0.1) is 70.2 Å². The first kappa shape index (κ1) is 77.0. The van der Waals surface area contributed by atoms with Gasteiger partial charge in [-0.2, -0.15) is 0 Å². The van der Waals surface area contributed by atoms with Gasteiger partial charge in [0, 0.05) is 68.6 Å². The molecular formula is C57H108N11O13P. The zero-order valence-electron chi connectivity index (χ0n) is 52.7. The van der Waals surface area contributed by atoms with Crippen molar-refractivity contribution in [1.29, 1.82) is 0 Å². The first-order valence-electron chi connectivity index (χ1n) is 29.3. The van der Waals surface area contributed by atoms with Gasteiger partial charge in [-0.25, -0.2) is 0 Å². The molecule has 0 fully saturated rings. The molecule has 0 radical (unpaired) electrons. The molecule has 0 saturated heterocycles. The fourth-order valence-electron chi connectivity index (χ4n) is 8.66. The summed E-state index contributed by atoms with van der Waals surface area (Å²) in [6, 6.07) is -1.74. The maximum atomic E-state index is 14.7. The molecule has 0 aliphatic rings. The highest BCUT2D eigenvalue weighted by molar-refractivity contribution is 7.37. The van der Waals surface area contributed by atoms with Crippen LogP contribution in [0.25, 0.3) is 0 Å². The van der Waals surface area contributed by atoms with Gasteiger partial charge in [0.2, 0.25) is 53.2 Å². The highest BCUT2D eigenvalue weighted by Crippen LogP contribution is 2.19. The summed E-state index contributed by atoms with van der Waals surface area (Å²) in [7, 11) is 0.359. The minimum absolute atomic E-state index is 0.0172. The first-order chi connectivity index (χ1) is 38.2. The van der Waals surface area contributed by atoms with E-state index in [4.69, 9.17) is 5.73 Å². The molecule has 0 heterocycles. The van der Waals surface area contributed by atoms with Crippen LogP contribution in [0, 0.1) is 0 Å². The van der Waals surface area contributed by atoms with E-state index >= 15 is 0 Å². The number of rotatable bonds is 42. The Morgan fingerprint density at radius 2 is 0.683 bits per heavy atom. The van der Waals surface area contributed by atoms with E-state index in [0.717, 1.165) is 16.2 Å². The molecule has 0 aromatic heterocycles. The molecular weight excluding hydrogens is 1080 g/mol. The van der Waals surface area contributed by atoms with E-state index in [1.165, 1.54) is 50.2 Å². The van der Waals surface area contributed by atoms with Crippen LogP contribution >= 0.6 is 8.58 Å². The molecule has 0 aromatic carbocycles. The van der Waals surface area contributed by atoms with Crippen molar-refractivity contribution >= 4 is 61.7 Å². The Kier molecular flexibility index (Phi) is 37.1. The number of carbonyl (C=O) groups is 9. The van der Waals surface area contributed by atoms with Gasteiger partial charge >= 0.3 is 0 Å². The van der Waals surface area contributed by atoms with Crippen molar-refractivity contribution in [2.24, 2.45) is 5.73 Å². The fourth-order valence-corrected chi connectivity index (χ4v) is 9.07. The minimum Gasteiger partial charge on any atom is -0.392 e. The second-order valence-corrected chi connectivity index (χ2v) is 24.0. The second kappa shape index (κ2) is 39.5. The maximum absolute atomic E-state index is 14.7. The maximum Gasteiger partial charge on any atom is 0.242 e. The number of primary amides is 1. The van der Waals surface area contributed by atoms with Crippen LogP contribution < -0.4 is 11.1 Å². The van der Waals surface area contributed by atoms with Crippen LogP contribution in [0.1, 0.15) is 136 Å². The SMILES string of the molecule is C=C(CN(CC(C)O)C(=O)CNC(C)CC)N(CC(=O)N(CC(=O)N(CC(=O)N(CC(=O)N(CC(=O)N(CC(=O)N(CC(=O)N(CC(N)=O)CC(C)O)C(C)CC)CC(C)O)C(C)CC)CC(C)PC)C(C)CC)CC(C)O)C(C)CC. The number of amides is 9. The number of hydrogen-bond donors (Lipinski definition) is 6. The quantitative estimate of drug-likeness (QED) is 0.0459. The molecule has 82 heavy (non-hydrogen) atoms. The molecule has 24 nitrogen and oxygen atoms in total. The summed E-state index contributed by atoms with van der Waals surface area (Å²) in [6.45, 7) is 28.2. The van der Waals surface area contributed by atoms with Crippen molar-refractivity contribution in [2.75, 3.05) is 105 Å². The molecule has 11 atom stereocenters. The minimum atomic E-state index is -1.11. The summed E-state index contributed by atoms with van der Waals surface area (Å²) in [5.41, 5.74) is 5.73. The molecule has 0 spiro atoms. The normalized spacial score (nSPS) is 15.1. The predicted molar refractivity (Wildman–Crippen MR) is 320 cm³/mol. The number of nitrogens with zero attached hydrogens (tertiary/aromatic N) is 9. The van der Waals surface area contributed by atoms with Gasteiger partial charge in [-0.1, -0.05) is 48.1 Å². The predicted octanol–water partition coefficient (Wildman–Crippen LogP) is 0.718. The van der Waals surface area contributed by atoms with Gasteiger partial charge in [0.1, 0.15) is 19.6 Å². The third kappa shape index (κ3) is 28.5. The van der Waals surface area contributed by atoms with Crippen LogP contribution in [0.3, 0.4) is 0 Å². The highest BCUT2D eigenvalue weighted by Gasteiger charge is 2.35. The number of nitrogens with two attached hydrogens (primary N) is 1. The molecule has 0 aromatic rings. The van der Waals surface area contributed by atoms with Crippen molar-refractivity contribution in [3.63, 3.8) is 0 Å². The lowest BCUT2D eigenvalue weighted by Gasteiger charge is -2.37. The number of aliphatic hydroxyl groups is 4. The van der Waals surface area contributed by atoms with Crippen LogP contribution in [0.15, 0.2) is 12.3 Å². The average molecular weight is 1190 g/mol. The summed E-state index contributed by atoms with van der Waals surface area (Å²) < 4.78 is 0. The van der Waals surface area contributed by atoms with Gasteiger partial charge in [-0.15, -0.1) is 8.58 Å². The second-order valence-electron chi connectivity index (χ2n) is 22.4. The van der Waals surface area contributed by atoms with Gasteiger partial charge in [0.15, 0.2) is 0 Å². The zero-order chi connectivity index (χ0) is 63.3. The largest absolute Gasteiger partial charge is 0.392 e. The Morgan fingerprint density at radius 1 is 0.402 bits per heavy atom. The van der Waals surface area contributed by atoms with E-state index in [1.54, 1.807) is 39.5 Å². The van der Waals surface area contributed by atoms with Gasteiger partial charge < -0.3 is 75.6 Å². The molecule has 474 valence electrons. The molecule has 0 bridgehead atoms. The van der Waals surface area contributed by atoms with Gasteiger partial charge in [-0.3, -0.25) is 43.2 Å². The lowest BCUT2D eigenvalue weighted by molar-refractivity contribution is -0.151. The Balaban J connectivity index is 6.95. The van der Waals surface area contributed by atoms with E-state index in [0.29, 0.717) is 40.0 Å². The van der Waals surface area contributed by atoms with E-state index in [2.05, 4.69) is 11.9 Å². The molecule has 25 heteroatoms. The van der Waals surface area contributed by atoms with Crippen molar-refractivity contribution in [3.05, 3.63) is 12.3 Å². The Hall–Kier alpha value is -5.00. The molecule has 0 aliphatic heterocycles. The summed E-state index contributed by atoms with van der Waals surface area (Å²) in [5.74, 6) is -5.31. The van der Waals surface area contributed by atoms with Gasteiger partial charge in [0.25, 0.3) is 0 Å². The third-order valence-electron chi connectivity index (χ3n) is 14.7. The summed E-state index contributed by atoms with van der Waals surface area (Å²) in [5, 5.41) is 44.7. The van der Waals surface area contributed by atoms with Crippen molar-refractivity contribution < 1.29 is 63.6 Å². The van der Waals surface area contributed by atoms with Crippen molar-refractivity contribution in [2.45, 2.75) is 196 Å². The van der Waals surface area contributed by atoms with Crippen molar-refractivity contribution in [1.82, 2.24) is 49.4 Å². The molecule has 0 rings (SSSR count). The Labute approximate surface area is 492 Å². The lowest BCUT2D eigenvalue weighted by Crippen LogP contribution is -2.56. The lowest BCUT2D eigenvalue weighted by atomic mass is 10.1. The molecule has 0 aliphatic carbocycles. The van der Waals surface area contributed by atoms with Gasteiger partial charge in [-0.05, 0) is 107 Å². The standard InChI is InChI=1S/C57H108N11O13P/c1-18-38(6)59-23-50(74)60(25-44(12)69)24-43(11)65(39(7)19-2)34-51(75)62(27-46(14)71)31-55(79)68(42(10)22-5)37-54(78)64(29-48(16)82-17)33-57(81)67(41(9)21-4)36-53(77)63(28-47(15)72)32-56(80)66(40(8)20-3)35-52(76)61(26-45(13)70)30-49(58)73/h38-42,44-48,59,69-72,82H,11,18-37H2,1-10,12-17H3,(H2,58,73). The number of hydrogen-bond acceptors (Lipinski definition) is 15. The zero-order valence-corrected chi connectivity index (χ0v) is 53.7. The topological polar surface area (TPSA) is 302 Å². The monoisotopic (exact) mass is 1190 g/mol. The summed E-state index contributed by atoms with van der Waals surface area (Å²) >= 11 is 0. The average Bonchev–Trinajstić information content (AvgIpc) is 3.40. The smallest absolute Gasteiger partial charge is 0.242 e. The number of aliphatic hydroxyl groups excluding tert-OH is 4. The Morgan fingerprint density at radius 3 is 0.963 bits per heavy atom. The molecule has 0 saturated carbocycles. The third-order valence-corrected chi connectivity index (χ3v) is 15.9. The van der Waals surface area contributed by atoms with E-state index in [9.17, 15) is 63.6 Å². The molecule has 11 unspecified atom stereocenters. The van der Waals surface area contributed by atoms with Crippen molar-refractivity contribution in [3.8, 4) is 0 Å². The summed E-state index contributed by atoms with van der Waals surface area (Å²) in [4.78, 5) is 137. The number of carbonyl (C=O) groups excluding carboxylic acids is 9. The van der Waals surface area contributed by atoms with E-state index in [1.807, 2.05) is 55.1 Å². The molecule has 9 amide bonds.